The van der Waals surface area contributed by atoms with Crippen molar-refractivity contribution in [3.8, 4) is 0 Å². The van der Waals surface area contributed by atoms with Crippen molar-refractivity contribution in [1.82, 2.24) is 14.5 Å². The fraction of sp³-hybridized carbons (Fsp3) is 0.636. The van der Waals surface area contributed by atoms with Crippen molar-refractivity contribution in [2.24, 2.45) is 0 Å². The summed E-state index contributed by atoms with van der Waals surface area (Å²) in [5, 5.41) is 9.31. The molecular formula is C11H17N3O2. The van der Waals surface area contributed by atoms with E-state index in [2.05, 4.69) is 9.55 Å². The van der Waals surface area contributed by atoms with Gasteiger partial charge in [-0.15, -0.1) is 0 Å². The minimum atomic E-state index is -0.781. The number of nitrogens with zero attached hydrogens (tertiary/aromatic N) is 3. The van der Waals surface area contributed by atoms with E-state index in [4.69, 9.17) is 0 Å². The van der Waals surface area contributed by atoms with Crippen molar-refractivity contribution in [1.29, 1.82) is 0 Å². The number of carboxylic acid groups (broad SMARTS) is 1. The van der Waals surface area contributed by atoms with Gasteiger partial charge in [0.05, 0.1) is 6.54 Å². The highest BCUT2D eigenvalue weighted by Crippen LogP contribution is 2.24. The van der Waals surface area contributed by atoms with Gasteiger partial charge in [0.1, 0.15) is 11.4 Å². The van der Waals surface area contributed by atoms with Gasteiger partial charge >= 0.3 is 5.97 Å². The molecule has 0 aliphatic carbocycles. The van der Waals surface area contributed by atoms with Crippen LogP contribution in [0.25, 0.3) is 0 Å². The predicted molar refractivity (Wildman–Crippen MR) is 59.0 cm³/mol. The van der Waals surface area contributed by atoms with Crippen molar-refractivity contribution in [3.05, 3.63) is 18.2 Å². The molecule has 0 saturated heterocycles. The highest BCUT2D eigenvalue weighted by Gasteiger charge is 2.39. The molecule has 0 radical (unpaired) electrons. The van der Waals surface area contributed by atoms with Crippen molar-refractivity contribution < 1.29 is 9.90 Å². The molecule has 5 heteroatoms. The van der Waals surface area contributed by atoms with Crippen LogP contribution in [0, 0.1) is 0 Å². The Bertz CT molecular complexity index is 402. The number of rotatable bonds is 3. The van der Waals surface area contributed by atoms with Crippen molar-refractivity contribution in [2.45, 2.75) is 38.9 Å². The van der Waals surface area contributed by atoms with Crippen LogP contribution in [0.3, 0.4) is 0 Å². The lowest BCUT2D eigenvalue weighted by molar-refractivity contribution is -0.152. The lowest BCUT2D eigenvalue weighted by atomic mass is 9.96. The van der Waals surface area contributed by atoms with E-state index in [9.17, 15) is 9.90 Å². The summed E-state index contributed by atoms with van der Waals surface area (Å²) in [6.45, 7) is 5.89. The van der Waals surface area contributed by atoms with E-state index in [1.54, 1.807) is 13.1 Å². The second-order valence-corrected chi connectivity index (χ2v) is 4.39. The standard InChI is InChI=1S/C11H17N3O2/c1-3-11(2,10(15)16)14-7-6-13-5-4-12-9(13)8-14/h4-5H,3,6-8H2,1-2H3,(H,15,16). The quantitative estimate of drug-likeness (QED) is 0.829. The van der Waals surface area contributed by atoms with Gasteiger partial charge in [-0.05, 0) is 13.3 Å². The lowest BCUT2D eigenvalue weighted by Gasteiger charge is -2.39. The number of aromatic nitrogens is 2. The molecule has 1 aliphatic rings. The molecule has 0 amide bonds. The predicted octanol–water partition coefficient (Wildman–Crippen LogP) is 0.952. The van der Waals surface area contributed by atoms with Gasteiger partial charge in [0.2, 0.25) is 0 Å². The summed E-state index contributed by atoms with van der Waals surface area (Å²) in [5.41, 5.74) is -0.781. The Hall–Kier alpha value is -1.36. The summed E-state index contributed by atoms with van der Waals surface area (Å²) in [4.78, 5) is 17.6. The maximum Gasteiger partial charge on any atom is 0.323 e. The first-order valence-electron chi connectivity index (χ1n) is 5.56. The Labute approximate surface area is 94.7 Å². The van der Waals surface area contributed by atoms with E-state index >= 15 is 0 Å². The molecule has 5 nitrogen and oxygen atoms in total. The van der Waals surface area contributed by atoms with Crippen LogP contribution in [0.15, 0.2) is 12.4 Å². The van der Waals surface area contributed by atoms with Crippen LogP contribution in [-0.4, -0.2) is 37.6 Å². The van der Waals surface area contributed by atoms with E-state index in [0.29, 0.717) is 13.0 Å². The second-order valence-electron chi connectivity index (χ2n) is 4.39. The van der Waals surface area contributed by atoms with E-state index < -0.39 is 11.5 Å². The van der Waals surface area contributed by atoms with Gasteiger partial charge in [0.15, 0.2) is 0 Å². The average molecular weight is 223 g/mol. The molecule has 1 aliphatic heterocycles. The Morgan fingerprint density at radius 1 is 1.62 bits per heavy atom. The SMILES string of the molecule is CCC(C)(C(=O)O)N1CCn2ccnc2C1. The zero-order valence-electron chi connectivity index (χ0n) is 9.68. The molecule has 1 unspecified atom stereocenters. The summed E-state index contributed by atoms with van der Waals surface area (Å²) in [7, 11) is 0. The summed E-state index contributed by atoms with van der Waals surface area (Å²) in [5.74, 6) is 0.196. The number of hydrogen-bond acceptors (Lipinski definition) is 3. The Kier molecular flexibility index (Phi) is 2.71. The molecule has 0 aromatic carbocycles. The van der Waals surface area contributed by atoms with Gasteiger partial charge in [-0.25, -0.2) is 4.98 Å². The molecule has 1 aromatic rings. The molecule has 16 heavy (non-hydrogen) atoms. The minimum Gasteiger partial charge on any atom is -0.480 e. The second kappa shape index (κ2) is 3.90. The minimum absolute atomic E-state index is 0.600. The van der Waals surface area contributed by atoms with Gasteiger partial charge in [-0.3, -0.25) is 9.69 Å². The highest BCUT2D eigenvalue weighted by atomic mass is 16.4. The molecule has 1 aromatic heterocycles. The molecule has 2 rings (SSSR count). The summed E-state index contributed by atoms with van der Waals surface area (Å²) >= 11 is 0. The molecule has 1 N–H and O–H groups in total. The molecule has 0 spiro atoms. The first-order valence-corrected chi connectivity index (χ1v) is 5.56. The number of imidazole rings is 1. The molecule has 1 atom stereocenters. The van der Waals surface area contributed by atoms with E-state index in [1.807, 2.05) is 18.0 Å². The first-order chi connectivity index (χ1) is 7.58. The van der Waals surface area contributed by atoms with Crippen LogP contribution in [-0.2, 0) is 17.9 Å². The van der Waals surface area contributed by atoms with Gasteiger partial charge in [-0.2, -0.15) is 0 Å². The van der Waals surface area contributed by atoms with E-state index in [1.165, 1.54) is 0 Å². The van der Waals surface area contributed by atoms with Crippen molar-refractivity contribution in [2.75, 3.05) is 6.54 Å². The lowest BCUT2D eigenvalue weighted by Crippen LogP contribution is -2.54. The van der Waals surface area contributed by atoms with E-state index in [0.717, 1.165) is 18.9 Å². The monoisotopic (exact) mass is 223 g/mol. The molecular weight excluding hydrogens is 206 g/mol. The van der Waals surface area contributed by atoms with Crippen LogP contribution in [0.2, 0.25) is 0 Å². The Morgan fingerprint density at radius 2 is 2.38 bits per heavy atom. The van der Waals surface area contributed by atoms with Crippen LogP contribution >= 0.6 is 0 Å². The Balaban J connectivity index is 2.22. The zero-order chi connectivity index (χ0) is 11.8. The fourth-order valence-corrected chi connectivity index (χ4v) is 2.10. The summed E-state index contributed by atoms with van der Waals surface area (Å²) in [6, 6.07) is 0. The molecule has 88 valence electrons. The smallest absolute Gasteiger partial charge is 0.323 e. The highest BCUT2D eigenvalue weighted by molar-refractivity contribution is 5.78. The zero-order valence-corrected chi connectivity index (χ0v) is 9.68. The van der Waals surface area contributed by atoms with Crippen LogP contribution in [0.4, 0.5) is 0 Å². The maximum absolute atomic E-state index is 11.3. The molecule has 0 saturated carbocycles. The largest absolute Gasteiger partial charge is 0.480 e. The van der Waals surface area contributed by atoms with Crippen molar-refractivity contribution >= 4 is 5.97 Å². The average Bonchev–Trinajstić information content (AvgIpc) is 2.74. The van der Waals surface area contributed by atoms with Gasteiger partial charge < -0.3 is 9.67 Å². The molecule has 2 heterocycles. The normalized spacial score (nSPS) is 20.1. The number of fused-ring (bicyclic) bond motifs is 1. The van der Waals surface area contributed by atoms with Gasteiger partial charge in [-0.1, -0.05) is 6.92 Å². The maximum atomic E-state index is 11.3. The number of carbonyl (C=O) groups is 1. The van der Waals surface area contributed by atoms with Gasteiger partial charge in [0, 0.05) is 25.5 Å². The molecule has 0 fully saturated rings. The summed E-state index contributed by atoms with van der Waals surface area (Å²) < 4.78 is 2.08. The molecule has 0 bridgehead atoms. The Morgan fingerprint density at radius 3 is 3.00 bits per heavy atom. The number of aliphatic carboxylic acids is 1. The topological polar surface area (TPSA) is 58.4 Å². The van der Waals surface area contributed by atoms with E-state index in [-0.39, 0.29) is 0 Å². The third-order valence-electron chi connectivity index (χ3n) is 3.59. The third-order valence-corrected chi connectivity index (χ3v) is 3.59. The third kappa shape index (κ3) is 1.61. The van der Waals surface area contributed by atoms with Crippen molar-refractivity contribution in [3.63, 3.8) is 0 Å². The first kappa shape index (κ1) is 11.1. The fourth-order valence-electron chi connectivity index (χ4n) is 2.10. The van der Waals surface area contributed by atoms with Gasteiger partial charge in [0.25, 0.3) is 0 Å². The van der Waals surface area contributed by atoms with Crippen LogP contribution in [0.1, 0.15) is 26.1 Å². The van der Waals surface area contributed by atoms with Crippen LogP contribution in [0.5, 0.6) is 0 Å². The summed E-state index contributed by atoms with van der Waals surface area (Å²) in [6.07, 6.45) is 4.31. The van der Waals surface area contributed by atoms with Crippen LogP contribution < -0.4 is 0 Å². The number of carboxylic acids is 1. The number of hydrogen-bond donors (Lipinski definition) is 1.